The number of nitrogens with zero attached hydrogens (tertiary/aromatic N) is 1. The molecule has 0 aliphatic carbocycles. The molecule has 0 bridgehead atoms. The normalized spacial score (nSPS) is 23.1. The van der Waals surface area contributed by atoms with Gasteiger partial charge in [-0.2, -0.15) is 17.5 Å². The van der Waals surface area contributed by atoms with Gasteiger partial charge in [-0.15, -0.1) is 11.3 Å². The van der Waals surface area contributed by atoms with Crippen molar-refractivity contribution in [1.82, 2.24) is 4.31 Å². The summed E-state index contributed by atoms with van der Waals surface area (Å²) in [6.45, 7) is -0.0651. The number of sulfonamides is 1. The van der Waals surface area contributed by atoms with Crippen molar-refractivity contribution in [3.05, 3.63) is 17.5 Å². The number of halogens is 3. The minimum absolute atomic E-state index is 0.0337. The average Bonchev–Trinajstić information content (AvgIpc) is 2.89. The fourth-order valence-corrected chi connectivity index (χ4v) is 4.68. The Kier molecular flexibility index (Phi) is 3.21. The SMILES string of the molecule is O=S(=O)(c1cccs1)N1CCCC1C(F)(F)F. The molecule has 2 rings (SSSR count). The molecule has 1 fully saturated rings. The first-order valence-electron chi connectivity index (χ1n) is 4.95. The highest BCUT2D eigenvalue weighted by Gasteiger charge is 2.50. The van der Waals surface area contributed by atoms with Crippen LogP contribution >= 0.6 is 11.3 Å². The summed E-state index contributed by atoms with van der Waals surface area (Å²) >= 11 is 0.932. The third-order valence-corrected chi connectivity index (χ3v) is 5.92. The van der Waals surface area contributed by atoms with Crippen molar-refractivity contribution in [2.75, 3.05) is 6.54 Å². The average molecular weight is 285 g/mol. The fraction of sp³-hybridized carbons (Fsp3) is 0.556. The molecule has 0 aromatic carbocycles. The molecule has 1 aromatic heterocycles. The van der Waals surface area contributed by atoms with Gasteiger partial charge in [-0.25, -0.2) is 8.42 Å². The van der Waals surface area contributed by atoms with Crippen LogP contribution in [0.3, 0.4) is 0 Å². The van der Waals surface area contributed by atoms with Crippen LogP contribution in [0.2, 0.25) is 0 Å². The lowest BCUT2D eigenvalue weighted by atomic mass is 10.2. The standard InChI is InChI=1S/C9H10F3NO2S2/c10-9(11,12)7-3-1-5-13(7)17(14,15)8-4-2-6-16-8/h2,4,6-7H,1,3,5H2. The molecular weight excluding hydrogens is 275 g/mol. The topological polar surface area (TPSA) is 37.4 Å². The quantitative estimate of drug-likeness (QED) is 0.837. The summed E-state index contributed by atoms with van der Waals surface area (Å²) in [7, 11) is -4.00. The van der Waals surface area contributed by atoms with E-state index in [0.717, 1.165) is 11.3 Å². The number of rotatable bonds is 2. The molecule has 0 N–H and O–H groups in total. The molecule has 1 aliphatic rings. The molecule has 8 heteroatoms. The van der Waals surface area contributed by atoms with Gasteiger partial charge in [0.05, 0.1) is 0 Å². The van der Waals surface area contributed by atoms with Gasteiger partial charge >= 0.3 is 6.18 Å². The summed E-state index contributed by atoms with van der Waals surface area (Å²) < 4.78 is 62.6. The van der Waals surface area contributed by atoms with Crippen LogP contribution in [0, 0.1) is 0 Å². The van der Waals surface area contributed by atoms with Crippen LogP contribution in [0.15, 0.2) is 21.7 Å². The molecule has 1 atom stereocenters. The van der Waals surface area contributed by atoms with Crippen molar-refractivity contribution in [2.45, 2.75) is 29.3 Å². The first-order valence-corrected chi connectivity index (χ1v) is 7.27. The van der Waals surface area contributed by atoms with Gasteiger partial charge in [0.25, 0.3) is 10.0 Å². The zero-order valence-electron chi connectivity index (χ0n) is 8.64. The Hall–Kier alpha value is -0.600. The molecule has 0 radical (unpaired) electrons. The minimum atomic E-state index is -4.50. The molecule has 3 nitrogen and oxygen atoms in total. The fourth-order valence-electron chi connectivity index (χ4n) is 1.88. The van der Waals surface area contributed by atoms with Crippen molar-refractivity contribution >= 4 is 21.4 Å². The zero-order chi connectivity index (χ0) is 12.7. The van der Waals surface area contributed by atoms with Gasteiger partial charge in [0, 0.05) is 6.54 Å². The second-order valence-corrected chi connectivity index (χ2v) is 6.81. The van der Waals surface area contributed by atoms with Crippen molar-refractivity contribution in [1.29, 1.82) is 0 Å². The van der Waals surface area contributed by atoms with Crippen LogP contribution < -0.4 is 0 Å². The summed E-state index contributed by atoms with van der Waals surface area (Å²) in [4.78, 5) is 0. The summed E-state index contributed by atoms with van der Waals surface area (Å²) in [6, 6.07) is 0.955. The number of alkyl halides is 3. The van der Waals surface area contributed by atoms with Crippen molar-refractivity contribution < 1.29 is 21.6 Å². The van der Waals surface area contributed by atoms with Gasteiger partial charge in [-0.1, -0.05) is 6.07 Å². The van der Waals surface area contributed by atoms with E-state index >= 15 is 0 Å². The minimum Gasteiger partial charge on any atom is -0.206 e. The Morgan fingerprint density at radius 2 is 2.12 bits per heavy atom. The van der Waals surface area contributed by atoms with E-state index in [0.29, 0.717) is 4.31 Å². The van der Waals surface area contributed by atoms with E-state index in [1.807, 2.05) is 0 Å². The molecule has 1 aliphatic heterocycles. The molecule has 17 heavy (non-hydrogen) atoms. The summed E-state index contributed by atoms with van der Waals surface area (Å²) in [5.74, 6) is 0. The van der Waals surface area contributed by atoms with Crippen LogP contribution in [0.5, 0.6) is 0 Å². The van der Waals surface area contributed by atoms with Crippen molar-refractivity contribution in [3.8, 4) is 0 Å². The summed E-state index contributed by atoms with van der Waals surface area (Å²) in [6.07, 6.45) is -4.41. The third kappa shape index (κ3) is 2.34. The van der Waals surface area contributed by atoms with Crippen LogP contribution in [0.4, 0.5) is 13.2 Å². The Labute approximate surface area is 101 Å². The van der Waals surface area contributed by atoms with Gasteiger partial charge in [0.2, 0.25) is 0 Å². The smallest absolute Gasteiger partial charge is 0.206 e. The highest BCUT2D eigenvalue weighted by atomic mass is 32.2. The molecule has 1 unspecified atom stereocenters. The van der Waals surface area contributed by atoms with E-state index in [-0.39, 0.29) is 23.6 Å². The molecule has 0 spiro atoms. The van der Waals surface area contributed by atoms with Gasteiger partial charge in [0.1, 0.15) is 10.3 Å². The van der Waals surface area contributed by atoms with Crippen molar-refractivity contribution in [3.63, 3.8) is 0 Å². The highest BCUT2D eigenvalue weighted by Crippen LogP contribution is 2.36. The largest absolute Gasteiger partial charge is 0.405 e. The lowest BCUT2D eigenvalue weighted by molar-refractivity contribution is -0.165. The first-order chi connectivity index (χ1) is 7.83. The monoisotopic (exact) mass is 285 g/mol. The Bertz CT molecular complexity index is 481. The van der Waals surface area contributed by atoms with E-state index < -0.39 is 22.2 Å². The Balaban J connectivity index is 2.34. The number of hydrogen-bond donors (Lipinski definition) is 0. The first kappa shape index (κ1) is 12.8. The maximum absolute atomic E-state index is 12.7. The Morgan fingerprint density at radius 3 is 2.65 bits per heavy atom. The second-order valence-electron chi connectivity index (χ2n) is 3.75. The second kappa shape index (κ2) is 4.25. The molecular formula is C9H10F3NO2S2. The van der Waals surface area contributed by atoms with Gasteiger partial charge in [-0.3, -0.25) is 0 Å². The lowest BCUT2D eigenvalue weighted by Crippen LogP contribution is -2.44. The zero-order valence-corrected chi connectivity index (χ0v) is 10.3. The predicted octanol–water partition coefficient (Wildman–Crippen LogP) is 2.46. The number of hydrogen-bond acceptors (Lipinski definition) is 3. The van der Waals surface area contributed by atoms with E-state index in [1.165, 1.54) is 17.5 Å². The van der Waals surface area contributed by atoms with Crippen molar-refractivity contribution in [2.24, 2.45) is 0 Å². The van der Waals surface area contributed by atoms with E-state index in [4.69, 9.17) is 0 Å². The van der Waals surface area contributed by atoms with Gasteiger partial charge in [-0.05, 0) is 24.3 Å². The van der Waals surface area contributed by atoms with Gasteiger partial charge in [0.15, 0.2) is 0 Å². The van der Waals surface area contributed by atoms with Gasteiger partial charge < -0.3 is 0 Å². The molecule has 1 saturated heterocycles. The highest BCUT2D eigenvalue weighted by molar-refractivity contribution is 7.91. The van der Waals surface area contributed by atoms with Crippen LogP contribution in [0.25, 0.3) is 0 Å². The molecule has 96 valence electrons. The van der Waals surface area contributed by atoms with E-state index in [1.54, 1.807) is 0 Å². The maximum Gasteiger partial charge on any atom is 0.405 e. The lowest BCUT2D eigenvalue weighted by Gasteiger charge is -2.25. The van der Waals surface area contributed by atoms with Crippen LogP contribution in [0.1, 0.15) is 12.8 Å². The third-order valence-electron chi connectivity index (χ3n) is 2.64. The molecule has 2 heterocycles. The van der Waals surface area contributed by atoms with Crippen LogP contribution in [-0.2, 0) is 10.0 Å². The summed E-state index contributed by atoms with van der Waals surface area (Å²) in [5.41, 5.74) is 0. The molecule has 0 saturated carbocycles. The van der Waals surface area contributed by atoms with Crippen LogP contribution in [-0.4, -0.2) is 31.5 Å². The maximum atomic E-state index is 12.7. The molecule has 1 aromatic rings. The number of thiophene rings is 1. The predicted molar refractivity (Wildman–Crippen MR) is 57.3 cm³/mol. The van der Waals surface area contributed by atoms with E-state index in [9.17, 15) is 21.6 Å². The van der Waals surface area contributed by atoms with E-state index in [2.05, 4.69) is 0 Å². The molecule has 0 amide bonds. The summed E-state index contributed by atoms with van der Waals surface area (Å²) in [5, 5.41) is 1.53. The Morgan fingerprint density at radius 1 is 1.41 bits per heavy atom.